The molecule has 1 atom stereocenters. The Morgan fingerprint density at radius 1 is 1.09 bits per heavy atom. The molecule has 0 aliphatic rings. The van der Waals surface area contributed by atoms with Crippen LogP contribution in [-0.4, -0.2) is 28.4 Å². The minimum absolute atomic E-state index is 0.175. The van der Waals surface area contributed by atoms with Crippen LogP contribution in [0.5, 0.6) is 0 Å². The molecular formula is C22H18Cl3FN2O3S. The average molecular weight is 516 g/mol. The largest absolute Gasteiger partial charge is 0.462 e. The summed E-state index contributed by atoms with van der Waals surface area (Å²) in [6.07, 6.45) is -1.21. The van der Waals surface area contributed by atoms with Gasteiger partial charge in [-0.25, -0.2) is 9.18 Å². The number of ether oxygens (including phenoxy) is 1. The third-order valence-corrected chi connectivity index (χ3v) is 5.91. The van der Waals surface area contributed by atoms with Crippen LogP contribution in [0.4, 0.5) is 9.39 Å². The third kappa shape index (κ3) is 5.92. The summed E-state index contributed by atoms with van der Waals surface area (Å²) in [6, 6.07) is 14.2. The number of alkyl halides is 3. The molecule has 168 valence electrons. The Labute approximate surface area is 203 Å². The zero-order valence-corrected chi connectivity index (χ0v) is 19.8. The number of nitrogens with one attached hydrogen (secondary N) is 2. The zero-order valence-electron chi connectivity index (χ0n) is 16.7. The monoisotopic (exact) mass is 514 g/mol. The second-order valence-corrected chi connectivity index (χ2v) is 9.79. The van der Waals surface area contributed by atoms with Gasteiger partial charge in [0.1, 0.15) is 22.5 Å². The second-order valence-electron chi connectivity index (χ2n) is 6.54. The van der Waals surface area contributed by atoms with Gasteiger partial charge < -0.3 is 15.4 Å². The van der Waals surface area contributed by atoms with E-state index in [-0.39, 0.29) is 17.7 Å². The first kappa shape index (κ1) is 24.3. The lowest BCUT2D eigenvalue weighted by Gasteiger charge is -2.27. The van der Waals surface area contributed by atoms with E-state index < -0.39 is 27.7 Å². The molecule has 0 saturated carbocycles. The van der Waals surface area contributed by atoms with Crippen LogP contribution in [0, 0.1) is 5.82 Å². The van der Waals surface area contributed by atoms with Gasteiger partial charge in [-0.15, -0.1) is 11.3 Å². The number of esters is 1. The summed E-state index contributed by atoms with van der Waals surface area (Å²) < 4.78 is 16.4. The minimum Gasteiger partial charge on any atom is -0.462 e. The lowest BCUT2D eigenvalue weighted by Crippen LogP contribution is -2.49. The van der Waals surface area contributed by atoms with E-state index in [0.717, 1.165) is 17.7 Å². The molecule has 0 aliphatic heterocycles. The van der Waals surface area contributed by atoms with Gasteiger partial charge in [0.2, 0.25) is 3.79 Å². The molecule has 0 bridgehead atoms. The fourth-order valence-corrected chi connectivity index (χ4v) is 4.16. The number of benzene rings is 2. The molecule has 2 aromatic carbocycles. The summed E-state index contributed by atoms with van der Waals surface area (Å²) in [5, 5.41) is 7.66. The Kier molecular flexibility index (Phi) is 8.00. The predicted molar refractivity (Wildman–Crippen MR) is 127 cm³/mol. The minimum atomic E-state index is -1.97. The van der Waals surface area contributed by atoms with Crippen LogP contribution in [0.2, 0.25) is 0 Å². The maximum atomic E-state index is 13.2. The Morgan fingerprint density at radius 3 is 2.34 bits per heavy atom. The van der Waals surface area contributed by atoms with Crippen molar-refractivity contribution in [3.8, 4) is 11.1 Å². The number of anilines is 1. The van der Waals surface area contributed by atoms with Gasteiger partial charge >= 0.3 is 5.97 Å². The molecule has 0 unspecified atom stereocenters. The molecule has 10 heteroatoms. The van der Waals surface area contributed by atoms with E-state index in [1.165, 1.54) is 23.5 Å². The fourth-order valence-electron chi connectivity index (χ4n) is 2.85. The SMILES string of the molecule is CCOC(=O)c1c(-c2ccccc2)csc1N[C@@H](NC(=O)c1ccc(F)cc1)C(Cl)(Cl)Cl. The number of rotatable bonds is 7. The maximum absolute atomic E-state index is 13.2. The molecule has 3 aromatic rings. The molecule has 0 radical (unpaired) electrons. The van der Waals surface area contributed by atoms with Crippen molar-refractivity contribution in [2.45, 2.75) is 16.9 Å². The van der Waals surface area contributed by atoms with E-state index in [4.69, 9.17) is 39.5 Å². The number of carbonyl (C=O) groups is 2. The molecule has 0 saturated heterocycles. The highest BCUT2D eigenvalue weighted by Gasteiger charge is 2.36. The topological polar surface area (TPSA) is 67.4 Å². The Morgan fingerprint density at radius 2 is 1.75 bits per heavy atom. The van der Waals surface area contributed by atoms with Gasteiger partial charge in [0.05, 0.1) is 6.61 Å². The quantitative estimate of drug-likeness (QED) is 0.221. The van der Waals surface area contributed by atoms with Crippen LogP contribution in [0.1, 0.15) is 27.6 Å². The van der Waals surface area contributed by atoms with Crippen molar-refractivity contribution in [2.24, 2.45) is 0 Å². The molecule has 32 heavy (non-hydrogen) atoms. The lowest BCUT2D eigenvalue weighted by atomic mass is 10.0. The average Bonchev–Trinajstić information content (AvgIpc) is 3.17. The molecule has 0 spiro atoms. The Bertz CT molecular complexity index is 1090. The molecule has 0 fully saturated rings. The summed E-state index contributed by atoms with van der Waals surface area (Å²) in [4.78, 5) is 25.4. The van der Waals surface area contributed by atoms with Crippen molar-refractivity contribution >= 4 is 63.0 Å². The van der Waals surface area contributed by atoms with E-state index in [1.54, 1.807) is 12.3 Å². The summed E-state index contributed by atoms with van der Waals surface area (Å²) in [7, 11) is 0. The first-order valence-electron chi connectivity index (χ1n) is 9.44. The fraction of sp³-hybridized carbons (Fsp3) is 0.182. The molecule has 1 amide bonds. The van der Waals surface area contributed by atoms with E-state index in [9.17, 15) is 14.0 Å². The number of hydrogen-bond acceptors (Lipinski definition) is 5. The Hall–Kier alpha value is -2.32. The maximum Gasteiger partial charge on any atom is 0.341 e. The van der Waals surface area contributed by atoms with Crippen LogP contribution >= 0.6 is 46.1 Å². The molecule has 5 nitrogen and oxygen atoms in total. The van der Waals surface area contributed by atoms with Crippen molar-refractivity contribution in [1.82, 2.24) is 5.32 Å². The van der Waals surface area contributed by atoms with Crippen LogP contribution in [-0.2, 0) is 4.74 Å². The first-order chi connectivity index (χ1) is 15.2. The highest BCUT2D eigenvalue weighted by atomic mass is 35.6. The van der Waals surface area contributed by atoms with Gasteiger partial charge in [-0.2, -0.15) is 0 Å². The van der Waals surface area contributed by atoms with Gasteiger partial charge in [0, 0.05) is 16.5 Å². The Balaban J connectivity index is 1.94. The number of carbonyl (C=O) groups excluding carboxylic acids is 2. The standard InChI is InChI=1S/C22H18Cl3FN2O3S/c1-2-31-20(30)17-16(13-6-4-3-5-7-13)12-32-19(17)28-21(22(23,24)25)27-18(29)14-8-10-15(26)11-9-14/h3-12,21,28H,2H2,1H3,(H,27,29)/t21-/m1/s1. The summed E-state index contributed by atoms with van der Waals surface area (Å²) >= 11 is 19.5. The smallest absolute Gasteiger partial charge is 0.341 e. The van der Waals surface area contributed by atoms with Crippen molar-refractivity contribution in [3.05, 3.63) is 76.9 Å². The first-order valence-corrected chi connectivity index (χ1v) is 11.5. The zero-order chi connectivity index (χ0) is 23.3. The lowest BCUT2D eigenvalue weighted by molar-refractivity contribution is 0.0529. The molecule has 2 N–H and O–H groups in total. The van der Waals surface area contributed by atoms with Crippen molar-refractivity contribution in [3.63, 3.8) is 0 Å². The van der Waals surface area contributed by atoms with Crippen LogP contribution in [0.25, 0.3) is 11.1 Å². The summed E-state index contributed by atoms with van der Waals surface area (Å²) in [6.45, 7) is 1.88. The van der Waals surface area contributed by atoms with Crippen molar-refractivity contribution < 1.29 is 18.7 Å². The van der Waals surface area contributed by atoms with E-state index in [1.807, 2.05) is 30.3 Å². The number of hydrogen-bond donors (Lipinski definition) is 2. The van der Waals surface area contributed by atoms with E-state index >= 15 is 0 Å². The van der Waals surface area contributed by atoms with Gasteiger partial charge in [-0.1, -0.05) is 65.1 Å². The van der Waals surface area contributed by atoms with Crippen LogP contribution in [0.15, 0.2) is 60.0 Å². The van der Waals surface area contributed by atoms with Crippen LogP contribution in [0.3, 0.4) is 0 Å². The molecule has 1 aromatic heterocycles. The van der Waals surface area contributed by atoms with Gasteiger partial charge in [0.25, 0.3) is 5.91 Å². The molecule has 1 heterocycles. The molecule has 3 rings (SSSR count). The number of halogens is 4. The van der Waals surface area contributed by atoms with E-state index in [2.05, 4.69) is 10.6 Å². The number of amides is 1. The normalized spacial score (nSPS) is 12.2. The van der Waals surface area contributed by atoms with Crippen molar-refractivity contribution in [2.75, 3.05) is 11.9 Å². The van der Waals surface area contributed by atoms with Crippen molar-refractivity contribution in [1.29, 1.82) is 0 Å². The van der Waals surface area contributed by atoms with Crippen LogP contribution < -0.4 is 10.6 Å². The highest BCUT2D eigenvalue weighted by Crippen LogP contribution is 2.39. The molecular weight excluding hydrogens is 498 g/mol. The summed E-state index contributed by atoms with van der Waals surface area (Å²) in [5.41, 5.74) is 1.89. The predicted octanol–water partition coefficient (Wildman–Crippen LogP) is 6.27. The van der Waals surface area contributed by atoms with E-state index in [0.29, 0.717) is 10.6 Å². The molecule has 0 aliphatic carbocycles. The third-order valence-electron chi connectivity index (χ3n) is 4.34. The van der Waals surface area contributed by atoms with Gasteiger partial charge in [-0.05, 0) is 36.8 Å². The number of thiophene rings is 1. The van der Waals surface area contributed by atoms with Gasteiger partial charge in [0.15, 0.2) is 0 Å². The highest BCUT2D eigenvalue weighted by molar-refractivity contribution is 7.15. The van der Waals surface area contributed by atoms with Gasteiger partial charge in [-0.3, -0.25) is 4.79 Å². The summed E-state index contributed by atoms with van der Waals surface area (Å²) in [5.74, 6) is -1.63. The second kappa shape index (κ2) is 10.5.